The maximum absolute atomic E-state index is 11.6. The van der Waals surface area contributed by atoms with Crippen LogP contribution in [-0.2, 0) is 21.7 Å². The van der Waals surface area contributed by atoms with E-state index in [9.17, 15) is 21.9 Å². The summed E-state index contributed by atoms with van der Waals surface area (Å²) >= 11 is 0. The molecule has 0 bridgehead atoms. The van der Waals surface area contributed by atoms with Crippen LogP contribution in [0.5, 0.6) is 23.0 Å². The van der Waals surface area contributed by atoms with E-state index in [0.29, 0.717) is 50.5 Å². The van der Waals surface area contributed by atoms with E-state index in [4.69, 9.17) is 9.47 Å². The highest BCUT2D eigenvalue weighted by molar-refractivity contribution is 7.03. The van der Waals surface area contributed by atoms with Crippen molar-refractivity contribution < 1.29 is 31.4 Å². The number of hydrogen-bond acceptors (Lipinski definition) is 4. The van der Waals surface area contributed by atoms with Crippen LogP contribution in [0.25, 0.3) is 55.6 Å². The zero-order valence-corrected chi connectivity index (χ0v) is 54.9. The summed E-state index contributed by atoms with van der Waals surface area (Å²) in [7, 11) is 0. The van der Waals surface area contributed by atoms with Gasteiger partial charge in [0.05, 0.1) is 33.3 Å². The van der Waals surface area contributed by atoms with E-state index in [2.05, 4.69) is 98.7 Å². The Morgan fingerprint density at radius 1 is 0.309 bits per heavy atom. The molecule has 0 aromatic heterocycles. The smallest absolute Gasteiger partial charge is 0.260 e. The van der Waals surface area contributed by atoms with Crippen LogP contribution in [0.2, 0.25) is 0 Å². The molecule has 0 spiro atoms. The summed E-state index contributed by atoms with van der Waals surface area (Å²) in [6, 6.07) is 43.7. The first-order chi connectivity index (χ1) is 51.9. The Balaban J connectivity index is 1.22. The third-order valence-corrected chi connectivity index (χ3v) is 18.8. The van der Waals surface area contributed by atoms with Gasteiger partial charge in [-0.2, -0.15) is 0 Å². The molecule has 0 N–H and O–H groups in total. The van der Waals surface area contributed by atoms with Crippen LogP contribution in [0, 0.1) is 0 Å². The minimum Gasteiger partial charge on any atom is -0.459 e. The van der Waals surface area contributed by atoms with Gasteiger partial charge < -0.3 is 19.3 Å². The predicted molar refractivity (Wildman–Crippen MR) is 400 cm³/mol. The lowest BCUT2D eigenvalue weighted by Gasteiger charge is -2.48. The second-order valence-electron chi connectivity index (χ2n) is 29.2. The van der Waals surface area contributed by atoms with Crippen LogP contribution in [0.4, 0.5) is 34.1 Å². The third-order valence-electron chi connectivity index (χ3n) is 18.8. The molecule has 6 heteroatoms. The molecule has 94 heavy (non-hydrogen) atoms. The lowest BCUT2D eigenvalue weighted by molar-refractivity contribution is 0.467. The average molecular weight is 1230 g/mol. The van der Waals surface area contributed by atoms with Gasteiger partial charge in [0.2, 0.25) is 0 Å². The fraction of sp³-hybridized carbons (Fsp3) is 0.182. The predicted octanol–water partition coefficient (Wildman–Crippen LogP) is 20.0. The number of benzene rings is 12. The van der Waals surface area contributed by atoms with Crippen molar-refractivity contribution in [2.75, 3.05) is 9.80 Å². The Morgan fingerprint density at radius 2 is 0.723 bits per heavy atom. The van der Waals surface area contributed by atoms with Gasteiger partial charge in [0.1, 0.15) is 23.0 Å². The van der Waals surface area contributed by atoms with E-state index in [1.165, 1.54) is 0 Å². The molecule has 0 saturated carbocycles. The Morgan fingerprint density at radius 3 is 1.18 bits per heavy atom. The molecule has 0 saturated heterocycles. The summed E-state index contributed by atoms with van der Waals surface area (Å²) in [6.07, 6.45) is 0. The summed E-state index contributed by atoms with van der Waals surface area (Å²) < 4.78 is 176. The fourth-order valence-corrected chi connectivity index (χ4v) is 13.9. The molecule has 0 fully saturated rings. The summed E-state index contributed by atoms with van der Waals surface area (Å²) in [6.45, 7) is 21.5. The van der Waals surface area contributed by atoms with Crippen molar-refractivity contribution in [1.82, 2.24) is 0 Å². The van der Waals surface area contributed by atoms with Gasteiger partial charge in [0.15, 0.2) is 0 Å². The van der Waals surface area contributed by atoms with Crippen molar-refractivity contribution in [2.45, 2.75) is 105 Å². The maximum Gasteiger partial charge on any atom is 0.260 e. The van der Waals surface area contributed by atoms with Gasteiger partial charge in [-0.05, 0) is 159 Å². The van der Waals surface area contributed by atoms with Crippen LogP contribution in [0.1, 0.15) is 127 Å². The highest BCUT2D eigenvalue weighted by Gasteiger charge is 2.51. The van der Waals surface area contributed by atoms with Crippen molar-refractivity contribution in [3.8, 4) is 78.6 Å². The number of hydrogen-bond donors (Lipinski definition) is 0. The summed E-state index contributed by atoms with van der Waals surface area (Å²) in [5, 5.41) is 0. The molecule has 4 nitrogen and oxygen atoms in total. The van der Waals surface area contributed by atoms with Gasteiger partial charge >= 0.3 is 0 Å². The zero-order chi connectivity index (χ0) is 78.7. The van der Waals surface area contributed by atoms with Crippen molar-refractivity contribution in [2.24, 2.45) is 0 Å². The normalized spacial score (nSPS) is 16.0. The van der Waals surface area contributed by atoms with E-state index >= 15 is 0 Å². The highest BCUT2D eigenvalue weighted by atomic mass is 16.5. The lowest BCUT2D eigenvalue weighted by Crippen LogP contribution is -2.65. The van der Waals surface area contributed by atoms with E-state index in [0.717, 1.165) is 38.9 Å². The molecule has 458 valence electrons. The fourth-order valence-electron chi connectivity index (χ4n) is 13.9. The van der Waals surface area contributed by atoms with Crippen molar-refractivity contribution in [3.63, 3.8) is 0 Å². The van der Waals surface area contributed by atoms with Crippen molar-refractivity contribution >= 4 is 80.3 Å². The Labute approximate surface area is 579 Å². The first kappa shape index (κ1) is 43.7. The lowest BCUT2D eigenvalue weighted by atomic mass is 9.30. The van der Waals surface area contributed by atoms with E-state index in [1.807, 2.05) is 131 Å². The van der Waals surface area contributed by atoms with Gasteiger partial charge in [0.25, 0.3) is 13.4 Å². The van der Waals surface area contributed by atoms with E-state index in [1.54, 1.807) is 20.8 Å². The SMILES string of the molecule is [2H]c1c([2H])c([2H])c2c(c1[2H])Oc1c([2H])c3c(c4c1B2c1c([2H])c([2H])c([2H])c([2H])c1O4)B1c2c(cc(C(C)(C)C)cc2N3c2c(-c3ccccc3)cc(C(C)(C)C)cc2-c2ccccc2)N(c2c(-c3ccccc3)cc(C(C)(C)C)cc2-c2ccccc2)c2c([2H])c([2H])c(-c3c([2H])c([2H])c([2H])c(C(C)(C)C)c3[2H])c([2H])c21. The van der Waals surface area contributed by atoms with Crippen LogP contribution in [-0.4, -0.2) is 13.4 Å². The molecule has 0 unspecified atom stereocenters. The molecular weight excluding hydrogens is 1140 g/mol. The number of fused-ring (bicyclic) bond motifs is 9. The van der Waals surface area contributed by atoms with Crippen molar-refractivity contribution in [3.05, 3.63) is 277 Å². The molecule has 0 aliphatic carbocycles. The average Bonchev–Trinajstić information content (AvgIpc) is 0.662. The topological polar surface area (TPSA) is 24.9 Å². The molecular formula is C88H78B2N2O2. The number of para-hydroxylation sites is 2. The Hall–Kier alpha value is -10.0. The second-order valence-corrected chi connectivity index (χ2v) is 29.2. The summed E-state index contributed by atoms with van der Waals surface area (Å²) in [5.41, 5.74) is 7.48. The van der Waals surface area contributed by atoms with Gasteiger partial charge in [-0.3, -0.25) is 0 Å². The molecule has 16 rings (SSSR count). The molecule has 4 heterocycles. The van der Waals surface area contributed by atoms with Crippen molar-refractivity contribution in [1.29, 1.82) is 0 Å². The summed E-state index contributed by atoms with van der Waals surface area (Å²) in [5.74, 6) is -1.17. The van der Waals surface area contributed by atoms with Gasteiger partial charge in [-0.15, -0.1) is 0 Å². The van der Waals surface area contributed by atoms with Crippen LogP contribution >= 0.6 is 0 Å². The molecule has 12 aromatic rings. The molecule has 0 atom stereocenters. The molecule has 0 radical (unpaired) electrons. The minimum atomic E-state index is -1.57. The first-order valence-corrected chi connectivity index (χ1v) is 32.2. The largest absolute Gasteiger partial charge is 0.459 e. The number of nitrogens with zero attached hydrogens (tertiary/aromatic N) is 2. The Kier molecular flexibility index (Phi) is 10.1. The second kappa shape index (κ2) is 21.8. The maximum atomic E-state index is 11.6. The van der Waals surface area contributed by atoms with Crippen LogP contribution in [0.3, 0.4) is 0 Å². The first-order valence-electron chi connectivity index (χ1n) is 40.2. The minimum absolute atomic E-state index is 0.0131. The monoisotopic (exact) mass is 1230 g/mol. The number of anilines is 6. The van der Waals surface area contributed by atoms with Gasteiger partial charge in [-0.25, -0.2) is 0 Å². The number of ether oxygens (including phenoxy) is 2. The van der Waals surface area contributed by atoms with Crippen LogP contribution in [0.15, 0.2) is 254 Å². The molecule has 12 aromatic carbocycles. The van der Waals surface area contributed by atoms with E-state index in [-0.39, 0.29) is 96.5 Å². The third kappa shape index (κ3) is 9.73. The van der Waals surface area contributed by atoms with Crippen LogP contribution < -0.4 is 52.1 Å². The molecule has 4 aliphatic heterocycles. The standard InChI is InChI=1S/C88H78B2N2O2/c1-85(2,3)61-39-29-38-59(46-61)60-44-45-72-71(47-60)90-79-73(91(72)82-65(55-30-17-13-18-31-55)48-62(86(4,5)6)49-66(82)56-32-19-14-20-33-56)52-64(88(10,11)12)53-74(79)92(83-67(57-34-21-15-22-35-57)50-63(87(7,8)9)51-68(83)58-36-23-16-24-37-58)75-54-78-81-84(80(75)90)94-77-43-28-26-41-70(77)89(81)69-40-25-27-42-76(69)93-78/h13-54H,1-12H3/i25D,26D,27D,28D,29D,38D,39D,40D,41D,42D,43D,44D,45D,46D,47D,54D. The molecule has 4 aliphatic rings. The number of rotatable bonds is 7. The highest BCUT2D eigenvalue weighted by Crippen LogP contribution is 2.56. The zero-order valence-electron chi connectivity index (χ0n) is 70.9. The quantitative estimate of drug-likeness (QED) is 0.149. The summed E-state index contributed by atoms with van der Waals surface area (Å²) in [4.78, 5) is 4.04. The van der Waals surface area contributed by atoms with Gasteiger partial charge in [-0.1, -0.05) is 277 Å². The molecule has 0 amide bonds. The van der Waals surface area contributed by atoms with E-state index < -0.39 is 114 Å². The Bertz CT molecular complexity index is 5850. The van der Waals surface area contributed by atoms with Gasteiger partial charge in [0, 0.05) is 56.5 Å².